The van der Waals surface area contributed by atoms with Gasteiger partial charge in [-0.2, -0.15) is 0 Å². The van der Waals surface area contributed by atoms with Crippen LogP contribution in [0, 0.1) is 6.92 Å². The van der Waals surface area contributed by atoms with Gasteiger partial charge in [0, 0.05) is 12.1 Å². The average molecular weight is 248 g/mol. The topological polar surface area (TPSA) is 33.0 Å². The van der Waals surface area contributed by atoms with Gasteiger partial charge >= 0.3 is 5.91 Å². The maximum atomic E-state index is 11.9. The Kier molecular flexibility index (Phi) is 3.40. The Morgan fingerprint density at radius 3 is 2.59 bits per heavy atom. The van der Waals surface area contributed by atoms with E-state index >= 15 is 0 Å². The summed E-state index contributed by atoms with van der Waals surface area (Å²) < 4.78 is 1.58. The fourth-order valence-corrected chi connectivity index (χ4v) is 1.78. The highest BCUT2D eigenvalue weighted by atomic mass is 35.5. The molecule has 0 saturated carbocycles. The number of carbonyl (C=O) groups excluding carboxylic acids is 1. The lowest BCUT2D eigenvalue weighted by molar-refractivity contribution is -0.641. The van der Waals surface area contributed by atoms with Crippen LogP contribution in [0.25, 0.3) is 0 Å². The number of halogens is 1. The second-order valence-electron chi connectivity index (χ2n) is 3.71. The summed E-state index contributed by atoms with van der Waals surface area (Å²) in [5.41, 5.74) is 4.20. The minimum atomic E-state index is -0.230. The lowest BCUT2D eigenvalue weighted by atomic mass is 10.1. The van der Waals surface area contributed by atoms with Gasteiger partial charge in [-0.3, -0.25) is 4.79 Å². The van der Waals surface area contributed by atoms with Crippen molar-refractivity contribution < 1.29 is 9.47 Å². The van der Waals surface area contributed by atoms with E-state index in [1.54, 1.807) is 29.2 Å². The number of hydrogen-bond donors (Lipinski definition) is 1. The quantitative estimate of drug-likeness (QED) is 0.812. The number of rotatable bonds is 2. The molecular formula is C13H12ClN2O+. The lowest BCUT2D eigenvalue weighted by Gasteiger charge is -2.03. The van der Waals surface area contributed by atoms with E-state index in [1.165, 1.54) is 0 Å². The summed E-state index contributed by atoms with van der Waals surface area (Å²) in [7, 11) is 0. The van der Waals surface area contributed by atoms with Crippen LogP contribution in [0.1, 0.15) is 15.9 Å². The van der Waals surface area contributed by atoms with Gasteiger partial charge in [-0.15, -0.1) is 5.43 Å². The first-order chi connectivity index (χ1) is 8.16. The molecule has 1 N–H and O–H groups in total. The van der Waals surface area contributed by atoms with Crippen LogP contribution < -0.4 is 10.1 Å². The average Bonchev–Trinajstić information content (AvgIpc) is 2.30. The number of carbonyl (C=O) groups is 1. The molecule has 1 aromatic carbocycles. The zero-order valence-electron chi connectivity index (χ0n) is 9.35. The van der Waals surface area contributed by atoms with E-state index in [2.05, 4.69) is 5.43 Å². The van der Waals surface area contributed by atoms with E-state index in [0.717, 1.165) is 5.56 Å². The first-order valence-corrected chi connectivity index (χ1v) is 5.58. The number of benzene rings is 1. The third kappa shape index (κ3) is 2.82. The molecule has 17 heavy (non-hydrogen) atoms. The molecule has 0 atom stereocenters. The van der Waals surface area contributed by atoms with Crippen molar-refractivity contribution in [3.8, 4) is 0 Å². The van der Waals surface area contributed by atoms with Crippen LogP contribution in [-0.2, 0) is 0 Å². The van der Waals surface area contributed by atoms with E-state index in [0.29, 0.717) is 10.6 Å². The van der Waals surface area contributed by atoms with Crippen molar-refractivity contribution in [1.29, 1.82) is 0 Å². The predicted molar refractivity (Wildman–Crippen MR) is 66.5 cm³/mol. The molecule has 4 heteroatoms. The number of aromatic nitrogens is 1. The molecule has 0 aliphatic rings. The molecule has 1 heterocycles. The van der Waals surface area contributed by atoms with Crippen molar-refractivity contribution >= 4 is 17.5 Å². The Labute approximate surface area is 105 Å². The van der Waals surface area contributed by atoms with Gasteiger partial charge in [-0.25, -0.2) is 0 Å². The van der Waals surface area contributed by atoms with Crippen LogP contribution in [0.2, 0.25) is 5.02 Å². The van der Waals surface area contributed by atoms with Crippen LogP contribution in [0.4, 0.5) is 0 Å². The zero-order chi connectivity index (χ0) is 12.3. The molecule has 0 radical (unpaired) electrons. The van der Waals surface area contributed by atoms with Gasteiger partial charge in [0.05, 0.1) is 10.6 Å². The molecule has 0 fully saturated rings. The predicted octanol–water partition coefficient (Wildman–Crippen LogP) is 2.32. The fraction of sp³-hybridized carbons (Fsp3) is 0.0769. The van der Waals surface area contributed by atoms with Gasteiger partial charge in [-0.1, -0.05) is 28.4 Å². The van der Waals surface area contributed by atoms with Crippen LogP contribution in [0.5, 0.6) is 0 Å². The highest BCUT2D eigenvalue weighted by Gasteiger charge is 2.13. The van der Waals surface area contributed by atoms with Crippen molar-refractivity contribution in [1.82, 2.24) is 0 Å². The van der Waals surface area contributed by atoms with Gasteiger partial charge in [0.2, 0.25) is 0 Å². The first kappa shape index (κ1) is 11.6. The van der Waals surface area contributed by atoms with Gasteiger partial charge < -0.3 is 0 Å². The molecule has 0 unspecified atom stereocenters. The van der Waals surface area contributed by atoms with Crippen molar-refractivity contribution in [2.75, 3.05) is 5.43 Å². The van der Waals surface area contributed by atoms with E-state index in [9.17, 15) is 4.79 Å². The number of aryl methyl sites for hydroxylation is 1. The van der Waals surface area contributed by atoms with Crippen molar-refractivity contribution in [2.45, 2.75) is 6.92 Å². The number of hydrogen-bond acceptors (Lipinski definition) is 1. The zero-order valence-corrected chi connectivity index (χ0v) is 10.1. The normalized spacial score (nSPS) is 10.0. The third-order valence-electron chi connectivity index (χ3n) is 2.32. The summed E-state index contributed by atoms with van der Waals surface area (Å²) in [6.45, 7) is 1.93. The SMILES string of the molecule is Cc1ccc(C(=O)N[n+]2ccccc2)c(Cl)c1. The lowest BCUT2D eigenvalue weighted by Crippen LogP contribution is -2.47. The highest BCUT2D eigenvalue weighted by molar-refractivity contribution is 6.34. The molecule has 0 saturated heterocycles. The monoisotopic (exact) mass is 247 g/mol. The maximum absolute atomic E-state index is 11.9. The Morgan fingerprint density at radius 2 is 1.94 bits per heavy atom. The minimum Gasteiger partial charge on any atom is -0.263 e. The summed E-state index contributed by atoms with van der Waals surface area (Å²) in [6, 6.07) is 10.9. The molecular weight excluding hydrogens is 236 g/mol. The Balaban J connectivity index is 2.21. The second-order valence-corrected chi connectivity index (χ2v) is 4.11. The van der Waals surface area contributed by atoms with Gasteiger partial charge in [0.25, 0.3) is 0 Å². The first-order valence-electron chi connectivity index (χ1n) is 5.20. The second kappa shape index (κ2) is 4.97. The Morgan fingerprint density at radius 1 is 1.24 bits per heavy atom. The van der Waals surface area contributed by atoms with Crippen LogP contribution in [0.3, 0.4) is 0 Å². The summed E-state index contributed by atoms with van der Waals surface area (Å²) in [4.78, 5) is 11.9. The van der Waals surface area contributed by atoms with Gasteiger partial charge in [0.1, 0.15) is 0 Å². The van der Waals surface area contributed by atoms with Crippen LogP contribution in [0.15, 0.2) is 48.8 Å². The third-order valence-corrected chi connectivity index (χ3v) is 2.63. The molecule has 0 spiro atoms. The molecule has 2 rings (SSSR count). The fourth-order valence-electron chi connectivity index (χ4n) is 1.45. The molecule has 1 aromatic heterocycles. The summed E-state index contributed by atoms with van der Waals surface area (Å²) in [5, 5.41) is 0.457. The number of pyridine rings is 1. The minimum absolute atomic E-state index is 0.230. The molecule has 2 aromatic rings. The molecule has 86 valence electrons. The van der Waals surface area contributed by atoms with Crippen LogP contribution >= 0.6 is 11.6 Å². The van der Waals surface area contributed by atoms with Crippen molar-refractivity contribution in [3.63, 3.8) is 0 Å². The maximum Gasteiger partial charge on any atom is 0.306 e. The standard InChI is InChI=1S/C13H11ClN2O/c1-10-5-6-11(12(14)9-10)13(17)15-16-7-3-2-4-8-16/h2-9H,1H3/p+1. The molecule has 1 amide bonds. The number of amides is 1. The van der Waals surface area contributed by atoms with Gasteiger partial charge in [-0.05, 0) is 24.6 Å². The largest absolute Gasteiger partial charge is 0.306 e. The van der Waals surface area contributed by atoms with E-state index in [-0.39, 0.29) is 5.91 Å². The molecule has 0 bridgehead atoms. The Bertz CT molecular complexity index is 540. The summed E-state index contributed by atoms with van der Waals surface area (Å²) >= 11 is 6.02. The van der Waals surface area contributed by atoms with E-state index < -0.39 is 0 Å². The summed E-state index contributed by atoms with van der Waals surface area (Å²) in [5.74, 6) is -0.230. The molecule has 3 nitrogen and oxygen atoms in total. The van der Waals surface area contributed by atoms with Crippen molar-refractivity contribution in [2.24, 2.45) is 0 Å². The summed E-state index contributed by atoms with van der Waals surface area (Å²) in [6.07, 6.45) is 3.50. The molecule has 0 aliphatic carbocycles. The smallest absolute Gasteiger partial charge is 0.263 e. The van der Waals surface area contributed by atoms with E-state index in [4.69, 9.17) is 11.6 Å². The Hall–Kier alpha value is -1.87. The van der Waals surface area contributed by atoms with Crippen LogP contribution in [-0.4, -0.2) is 5.91 Å². The van der Waals surface area contributed by atoms with Gasteiger partial charge in [0.15, 0.2) is 12.4 Å². The number of nitrogens with one attached hydrogen (secondary N) is 1. The number of nitrogens with zero attached hydrogens (tertiary/aromatic N) is 1. The highest BCUT2D eigenvalue weighted by Crippen LogP contribution is 2.17. The molecule has 0 aliphatic heterocycles. The van der Waals surface area contributed by atoms with Crippen molar-refractivity contribution in [3.05, 3.63) is 64.9 Å². The van der Waals surface area contributed by atoms with E-state index in [1.807, 2.05) is 31.2 Å².